The Hall–Kier alpha value is -1.88. The summed E-state index contributed by atoms with van der Waals surface area (Å²) in [6, 6.07) is 5.03. The molecule has 0 heterocycles. The molecule has 3 N–H and O–H groups in total. The second kappa shape index (κ2) is 7.05. The van der Waals surface area contributed by atoms with Gasteiger partial charge in [-0.25, -0.2) is 0 Å². The molecule has 2 atom stereocenters. The first-order chi connectivity index (χ1) is 9.35. The van der Waals surface area contributed by atoms with Crippen molar-refractivity contribution in [1.82, 2.24) is 5.32 Å². The van der Waals surface area contributed by atoms with E-state index in [4.69, 9.17) is 5.11 Å². The molecule has 0 fully saturated rings. The molecule has 0 radical (unpaired) electrons. The van der Waals surface area contributed by atoms with Crippen LogP contribution >= 0.6 is 0 Å². The largest absolute Gasteiger partial charge is 0.396 e. The summed E-state index contributed by atoms with van der Waals surface area (Å²) in [6.45, 7) is 7.03. The fourth-order valence-electron chi connectivity index (χ4n) is 1.68. The normalized spacial score (nSPS) is 13.4. The first kappa shape index (κ1) is 16.2. The third-order valence-electron chi connectivity index (χ3n) is 3.31. The van der Waals surface area contributed by atoms with Gasteiger partial charge in [0, 0.05) is 30.8 Å². The lowest BCUT2D eigenvalue weighted by molar-refractivity contribution is -0.114. The summed E-state index contributed by atoms with van der Waals surface area (Å²) in [6.07, 6.45) is 0. The van der Waals surface area contributed by atoms with E-state index < -0.39 is 0 Å². The minimum atomic E-state index is -0.218. The Labute approximate surface area is 119 Å². The van der Waals surface area contributed by atoms with Crippen molar-refractivity contribution in [3.05, 3.63) is 29.3 Å². The number of carbonyl (C=O) groups is 2. The molecule has 5 nitrogen and oxygen atoms in total. The van der Waals surface area contributed by atoms with Crippen LogP contribution < -0.4 is 10.6 Å². The zero-order valence-corrected chi connectivity index (χ0v) is 12.4. The summed E-state index contributed by atoms with van der Waals surface area (Å²) in [5.74, 6) is -0.406. The lowest BCUT2D eigenvalue weighted by atomic mass is 10.0. The van der Waals surface area contributed by atoms with Crippen molar-refractivity contribution >= 4 is 17.5 Å². The molecular weight excluding hydrogens is 256 g/mol. The number of aliphatic hydroxyl groups excluding tert-OH is 1. The van der Waals surface area contributed by atoms with Crippen LogP contribution in [0.4, 0.5) is 5.69 Å². The van der Waals surface area contributed by atoms with E-state index in [9.17, 15) is 9.59 Å². The van der Waals surface area contributed by atoms with E-state index in [2.05, 4.69) is 10.6 Å². The van der Waals surface area contributed by atoms with Crippen molar-refractivity contribution in [3.63, 3.8) is 0 Å². The van der Waals surface area contributed by atoms with Crippen molar-refractivity contribution in [2.24, 2.45) is 5.92 Å². The molecule has 20 heavy (non-hydrogen) atoms. The summed E-state index contributed by atoms with van der Waals surface area (Å²) >= 11 is 0. The fraction of sp³-hybridized carbons (Fsp3) is 0.467. The van der Waals surface area contributed by atoms with Crippen molar-refractivity contribution in [3.8, 4) is 0 Å². The van der Waals surface area contributed by atoms with Crippen LogP contribution in [0.2, 0.25) is 0 Å². The molecule has 1 aromatic carbocycles. The average Bonchev–Trinajstić information content (AvgIpc) is 2.39. The maximum atomic E-state index is 12.1. The molecule has 1 rings (SSSR count). The molecule has 0 aliphatic carbocycles. The zero-order chi connectivity index (χ0) is 15.3. The third-order valence-corrected chi connectivity index (χ3v) is 3.31. The van der Waals surface area contributed by atoms with Crippen LogP contribution in [-0.2, 0) is 4.79 Å². The summed E-state index contributed by atoms with van der Waals surface area (Å²) in [7, 11) is 0. The van der Waals surface area contributed by atoms with E-state index in [1.54, 1.807) is 18.2 Å². The SMILES string of the molecule is CC(=O)Nc1cc(C(=O)NC(C)C(C)CO)ccc1C. The van der Waals surface area contributed by atoms with Crippen molar-refractivity contribution in [2.75, 3.05) is 11.9 Å². The number of aliphatic hydroxyl groups is 1. The number of hydrogen-bond donors (Lipinski definition) is 3. The van der Waals surface area contributed by atoms with Crippen LogP contribution in [0.25, 0.3) is 0 Å². The highest BCUT2D eigenvalue weighted by molar-refractivity contribution is 5.97. The van der Waals surface area contributed by atoms with Gasteiger partial charge in [-0.3, -0.25) is 9.59 Å². The van der Waals surface area contributed by atoms with E-state index in [0.717, 1.165) is 5.56 Å². The maximum Gasteiger partial charge on any atom is 0.251 e. The van der Waals surface area contributed by atoms with E-state index >= 15 is 0 Å². The summed E-state index contributed by atoms with van der Waals surface area (Å²) in [4.78, 5) is 23.2. The molecular formula is C15H22N2O3. The van der Waals surface area contributed by atoms with E-state index in [0.29, 0.717) is 11.3 Å². The van der Waals surface area contributed by atoms with Gasteiger partial charge in [-0.15, -0.1) is 0 Å². The standard InChI is InChI=1S/C15H22N2O3/c1-9-5-6-13(7-14(9)17-12(4)19)15(20)16-11(3)10(2)8-18/h5-7,10-11,18H,8H2,1-4H3,(H,16,20)(H,17,19). The zero-order valence-electron chi connectivity index (χ0n) is 12.4. The van der Waals surface area contributed by atoms with Crippen LogP contribution in [0.5, 0.6) is 0 Å². The molecule has 0 saturated carbocycles. The van der Waals surface area contributed by atoms with Crippen LogP contribution in [-0.4, -0.2) is 29.6 Å². The van der Waals surface area contributed by atoms with Gasteiger partial charge < -0.3 is 15.7 Å². The van der Waals surface area contributed by atoms with E-state index in [-0.39, 0.29) is 30.4 Å². The molecule has 2 unspecified atom stereocenters. The number of nitrogens with one attached hydrogen (secondary N) is 2. The second-order valence-electron chi connectivity index (χ2n) is 5.13. The molecule has 0 bridgehead atoms. The monoisotopic (exact) mass is 278 g/mol. The number of hydrogen-bond acceptors (Lipinski definition) is 3. The van der Waals surface area contributed by atoms with Gasteiger partial charge in [-0.1, -0.05) is 13.0 Å². The molecule has 110 valence electrons. The number of aryl methyl sites for hydroxylation is 1. The van der Waals surface area contributed by atoms with Gasteiger partial charge in [0.1, 0.15) is 0 Å². The van der Waals surface area contributed by atoms with Crippen LogP contribution in [0, 0.1) is 12.8 Å². The highest BCUT2D eigenvalue weighted by Crippen LogP contribution is 2.17. The smallest absolute Gasteiger partial charge is 0.251 e. The molecule has 0 aliphatic rings. The van der Waals surface area contributed by atoms with Gasteiger partial charge in [0.15, 0.2) is 0 Å². The molecule has 0 aliphatic heterocycles. The highest BCUT2D eigenvalue weighted by atomic mass is 16.3. The Morgan fingerprint density at radius 3 is 2.50 bits per heavy atom. The third kappa shape index (κ3) is 4.35. The predicted octanol–water partition coefficient (Wildman–Crippen LogP) is 1.70. The van der Waals surface area contributed by atoms with Gasteiger partial charge >= 0.3 is 0 Å². The van der Waals surface area contributed by atoms with Gasteiger partial charge in [0.2, 0.25) is 5.91 Å². The lowest BCUT2D eigenvalue weighted by Crippen LogP contribution is -2.38. The van der Waals surface area contributed by atoms with Crippen LogP contribution in [0.3, 0.4) is 0 Å². The van der Waals surface area contributed by atoms with Crippen LogP contribution in [0.15, 0.2) is 18.2 Å². The van der Waals surface area contributed by atoms with Crippen molar-refractivity contribution in [2.45, 2.75) is 33.7 Å². The lowest BCUT2D eigenvalue weighted by Gasteiger charge is -2.19. The Morgan fingerprint density at radius 1 is 1.30 bits per heavy atom. The van der Waals surface area contributed by atoms with Crippen molar-refractivity contribution in [1.29, 1.82) is 0 Å². The van der Waals surface area contributed by atoms with Crippen LogP contribution in [0.1, 0.15) is 36.7 Å². The minimum Gasteiger partial charge on any atom is -0.396 e. The number of anilines is 1. The quantitative estimate of drug-likeness (QED) is 0.767. The summed E-state index contributed by atoms with van der Waals surface area (Å²) in [5.41, 5.74) is 2.01. The molecule has 2 amide bonds. The van der Waals surface area contributed by atoms with Gasteiger partial charge in [-0.2, -0.15) is 0 Å². The summed E-state index contributed by atoms with van der Waals surface area (Å²) < 4.78 is 0. The maximum absolute atomic E-state index is 12.1. The molecule has 0 saturated heterocycles. The Kier molecular flexibility index (Phi) is 5.70. The van der Waals surface area contributed by atoms with Gasteiger partial charge in [-0.05, 0) is 37.5 Å². The van der Waals surface area contributed by atoms with E-state index in [1.165, 1.54) is 6.92 Å². The number of amides is 2. The van der Waals surface area contributed by atoms with E-state index in [1.807, 2.05) is 20.8 Å². The fourth-order valence-corrected chi connectivity index (χ4v) is 1.68. The Balaban J connectivity index is 2.86. The van der Waals surface area contributed by atoms with Gasteiger partial charge in [0.25, 0.3) is 5.91 Å². The average molecular weight is 278 g/mol. The number of carbonyl (C=O) groups excluding carboxylic acids is 2. The summed E-state index contributed by atoms with van der Waals surface area (Å²) in [5, 5.41) is 14.6. The molecule has 5 heteroatoms. The first-order valence-corrected chi connectivity index (χ1v) is 6.65. The second-order valence-corrected chi connectivity index (χ2v) is 5.13. The molecule has 1 aromatic rings. The highest BCUT2D eigenvalue weighted by Gasteiger charge is 2.15. The molecule has 0 spiro atoms. The number of rotatable bonds is 5. The first-order valence-electron chi connectivity index (χ1n) is 6.65. The minimum absolute atomic E-state index is 0.0146. The number of benzene rings is 1. The Bertz CT molecular complexity index is 500. The topological polar surface area (TPSA) is 78.4 Å². The van der Waals surface area contributed by atoms with Crippen molar-refractivity contribution < 1.29 is 14.7 Å². The molecule has 0 aromatic heterocycles. The Morgan fingerprint density at radius 2 is 1.95 bits per heavy atom. The predicted molar refractivity (Wildman–Crippen MR) is 78.7 cm³/mol. The van der Waals surface area contributed by atoms with Gasteiger partial charge in [0.05, 0.1) is 0 Å².